The molecule has 2 aliphatic rings. The number of imidazole rings is 1. The Hall–Kier alpha value is -2.12. The Bertz CT molecular complexity index is 736. The van der Waals surface area contributed by atoms with Gasteiger partial charge in [0.15, 0.2) is 0 Å². The van der Waals surface area contributed by atoms with E-state index in [9.17, 15) is 9.90 Å². The fraction of sp³-hybridized carbons (Fsp3) is 0.600. The molecule has 1 saturated heterocycles. The van der Waals surface area contributed by atoms with E-state index in [1.165, 1.54) is 6.42 Å². The highest BCUT2D eigenvalue weighted by molar-refractivity contribution is 5.74. The van der Waals surface area contributed by atoms with Gasteiger partial charge in [-0.25, -0.2) is 9.78 Å². The molecule has 0 aromatic carbocycles. The fourth-order valence-corrected chi connectivity index (χ4v) is 4.37. The van der Waals surface area contributed by atoms with Crippen molar-refractivity contribution in [3.8, 4) is 0 Å². The van der Waals surface area contributed by atoms with Crippen LogP contribution in [0.25, 0.3) is 5.65 Å². The van der Waals surface area contributed by atoms with Gasteiger partial charge in [-0.15, -0.1) is 0 Å². The quantitative estimate of drug-likeness (QED) is 0.767. The summed E-state index contributed by atoms with van der Waals surface area (Å²) in [4.78, 5) is 19.1. The third-order valence-corrected chi connectivity index (χ3v) is 5.87. The highest BCUT2D eigenvalue weighted by Crippen LogP contribution is 2.25. The Kier molecular flexibility index (Phi) is 5.59. The van der Waals surface area contributed by atoms with Gasteiger partial charge in [0.25, 0.3) is 0 Å². The highest BCUT2D eigenvalue weighted by Gasteiger charge is 2.31. The maximum atomic E-state index is 12.2. The molecule has 2 fully saturated rings. The van der Waals surface area contributed by atoms with Gasteiger partial charge in [0.1, 0.15) is 5.65 Å². The lowest BCUT2D eigenvalue weighted by Gasteiger charge is -2.41. The molecule has 2 unspecified atom stereocenters. The normalized spacial score (nSPS) is 24.8. The summed E-state index contributed by atoms with van der Waals surface area (Å²) in [5.41, 5.74) is 1.73. The molecule has 4 rings (SSSR count). The molecule has 2 aromatic rings. The Morgan fingerprint density at radius 3 is 2.78 bits per heavy atom. The molecule has 7 heteroatoms. The first-order valence-corrected chi connectivity index (χ1v) is 10.1. The number of nitrogens with zero attached hydrogens (tertiary/aromatic N) is 3. The number of likely N-dealkylation sites (tertiary alicyclic amines) is 1. The summed E-state index contributed by atoms with van der Waals surface area (Å²) >= 11 is 0. The molecule has 2 aromatic heterocycles. The number of nitrogens with one attached hydrogen (secondary N) is 2. The van der Waals surface area contributed by atoms with Crippen molar-refractivity contribution in [2.24, 2.45) is 0 Å². The third kappa shape index (κ3) is 4.42. The first kappa shape index (κ1) is 18.3. The van der Waals surface area contributed by atoms with E-state index in [4.69, 9.17) is 0 Å². The van der Waals surface area contributed by atoms with Gasteiger partial charge in [-0.3, -0.25) is 4.90 Å². The number of rotatable bonds is 4. The first-order valence-electron chi connectivity index (χ1n) is 10.1. The molecule has 2 atom stereocenters. The van der Waals surface area contributed by atoms with Crippen molar-refractivity contribution < 1.29 is 9.90 Å². The molecular formula is C20H29N5O2. The molecule has 146 valence electrons. The molecule has 1 aliphatic heterocycles. The van der Waals surface area contributed by atoms with Crippen LogP contribution >= 0.6 is 0 Å². The molecule has 2 amide bonds. The van der Waals surface area contributed by atoms with E-state index < -0.39 is 0 Å². The van der Waals surface area contributed by atoms with Gasteiger partial charge in [0.05, 0.1) is 18.3 Å². The Labute approximate surface area is 159 Å². The zero-order valence-electron chi connectivity index (χ0n) is 15.7. The molecule has 0 spiro atoms. The lowest BCUT2D eigenvalue weighted by Crippen LogP contribution is -2.53. The summed E-state index contributed by atoms with van der Waals surface area (Å²) in [6.07, 6.45) is 9.94. The Morgan fingerprint density at radius 2 is 2.00 bits per heavy atom. The molecule has 1 saturated carbocycles. The number of hydrogen-bond donors (Lipinski definition) is 3. The first-order chi connectivity index (χ1) is 13.2. The van der Waals surface area contributed by atoms with Crippen LogP contribution in [0.4, 0.5) is 4.79 Å². The predicted molar refractivity (Wildman–Crippen MR) is 103 cm³/mol. The van der Waals surface area contributed by atoms with Crippen molar-refractivity contribution in [1.29, 1.82) is 0 Å². The highest BCUT2D eigenvalue weighted by atomic mass is 16.3. The third-order valence-electron chi connectivity index (χ3n) is 5.87. The standard InChI is InChI=1S/C20H29N5O2/c26-18-6-2-1-5-17(18)24-11-8-15(9-12-24)23-20(27)21-13-16-14-25-10-4-3-7-19(25)22-16/h3-4,7,10,14-15,17-18,26H,1-2,5-6,8-9,11-13H2,(H2,21,23,27). The molecule has 27 heavy (non-hydrogen) atoms. The number of aliphatic hydroxyl groups excluding tert-OH is 1. The molecular weight excluding hydrogens is 342 g/mol. The maximum absolute atomic E-state index is 12.2. The second-order valence-electron chi connectivity index (χ2n) is 7.75. The Morgan fingerprint density at radius 1 is 1.19 bits per heavy atom. The smallest absolute Gasteiger partial charge is 0.315 e. The van der Waals surface area contributed by atoms with Crippen molar-refractivity contribution in [3.63, 3.8) is 0 Å². The topological polar surface area (TPSA) is 81.9 Å². The van der Waals surface area contributed by atoms with Gasteiger partial charge in [-0.2, -0.15) is 0 Å². The van der Waals surface area contributed by atoms with Crippen LogP contribution in [0, 0.1) is 0 Å². The lowest BCUT2D eigenvalue weighted by molar-refractivity contribution is 0.00777. The number of fused-ring (bicyclic) bond motifs is 1. The number of aliphatic hydroxyl groups is 1. The van der Waals surface area contributed by atoms with Crippen molar-refractivity contribution in [1.82, 2.24) is 24.9 Å². The monoisotopic (exact) mass is 371 g/mol. The lowest BCUT2D eigenvalue weighted by atomic mass is 9.89. The van der Waals surface area contributed by atoms with E-state index in [2.05, 4.69) is 20.5 Å². The van der Waals surface area contributed by atoms with Gasteiger partial charge in [-0.1, -0.05) is 18.9 Å². The van der Waals surface area contributed by atoms with Crippen molar-refractivity contribution in [2.45, 2.75) is 63.3 Å². The average molecular weight is 371 g/mol. The van der Waals surface area contributed by atoms with E-state index in [1.807, 2.05) is 35.0 Å². The summed E-state index contributed by atoms with van der Waals surface area (Å²) in [5, 5.41) is 16.2. The fourth-order valence-electron chi connectivity index (χ4n) is 4.37. The van der Waals surface area contributed by atoms with Gasteiger partial charge in [0.2, 0.25) is 0 Å². The molecule has 1 aliphatic carbocycles. The minimum Gasteiger partial charge on any atom is -0.391 e. The van der Waals surface area contributed by atoms with Crippen LogP contribution in [0.3, 0.4) is 0 Å². The summed E-state index contributed by atoms with van der Waals surface area (Å²) in [5.74, 6) is 0. The van der Waals surface area contributed by atoms with E-state index in [-0.39, 0.29) is 18.2 Å². The van der Waals surface area contributed by atoms with Gasteiger partial charge in [0, 0.05) is 37.6 Å². The average Bonchev–Trinajstić information content (AvgIpc) is 3.11. The number of carbonyl (C=O) groups excluding carboxylic acids is 1. The molecule has 7 nitrogen and oxygen atoms in total. The number of piperidine rings is 1. The number of hydrogen-bond acceptors (Lipinski definition) is 4. The minimum atomic E-state index is -0.183. The number of amides is 2. The largest absolute Gasteiger partial charge is 0.391 e. The van der Waals surface area contributed by atoms with E-state index >= 15 is 0 Å². The zero-order valence-corrected chi connectivity index (χ0v) is 15.7. The van der Waals surface area contributed by atoms with Crippen LogP contribution in [0.2, 0.25) is 0 Å². The molecule has 3 heterocycles. The molecule has 0 radical (unpaired) electrons. The second kappa shape index (κ2) is 8.27. The van der Waals surface area contributed by atoms with Gasteiger partial charge >= 0.3 is 6.03 Å². The summed E-state index contributed by atoms with van der Waals surface area (Å²) in [6, 6.07) is 6.22. The van der Waals surface area contributed by atoms with E-state index in [1.54, 1.807) is 0 Å². The summed E-state index contributed by atoms with van der Waals surface area (Å²) < 4.78 is 1.95. The SMILES string of the molecule is O=C(NCc1cn2ccccc2n1)NC1CCN(C2CCCCC2O)CC1. The van der Waals surface area contributed by atoms with Gasteiger partial charge in [-0.05, 0) is 37.8 Å². The number of urea groups is 1. The van der Waals surface area contributed by atoms with Crippen molar-refractivity contribution >= 4 is 11.7 Å². The number of carbonyl (C=O) groups is 1. The van der Waals surface area contributed by atoms with E-state index in [0.717, 1.165) is 56.5 Å². The van der Waals surface area contributed by atoms with Crippen LogP contribution in [-0.4, -0.2) is 56.7 Å². The minimum absolute atomic E-state index is 0.136. The van der Waals surface area contributed by atoms with Crippen LogP contribution < -0.4 is 10.6 Å². The van der Waals surface area contributed by atoms with Gasteiger partial charge < -0.3 is 20.1 Å². The van der Waals surface area contributed by atoms with Crippen LogP contribution in [0.5, 0.6) is 0 Å². The summed E-state index contributed by atoms with van der Waals surface area (Å²) in [6.45, 7) is 2.30. The van der Waals surface area contributed by atoms with Crippen molar-refractivity contribution in [2.75, 3.05) is 13.1 Å². The zero-order chi connectivity index (χ0) is 18.6. The molecule has 0 bridgehead atoms. The van der Waals surface area contributed by atoms with Crippen LogP contribution in [-0.2, 0) is 6.54 Å². The predicted octanol–water partition coefficient (Wildman–Crippen LogP) is 1.90. The number of aromatic nitrogens is 2. The maximum Gasteiger partial charge on any atom is 0.315 e. The van der Waals surface area contributed by atoms with Crippen molar-refractivity contribution in [3.05, 3.63) is 36.3 Å². The number of pyridine rings is 1. The second-order valence-corrected chi connectivity index (χ2v) is 7.75. The Balaban J connectivity index is 1.21. The molecule has 3 N–H and O–H groups in total. The van der Waals surface area contributed by atoms with E-state index in [0.29, 0.717) is 12.6 Å². The van der Waals surface area contributed by atoms with Crippen LogP contribution in [0.1, 0.15) is 44.2 Å². The summed E-state index contributed by atoms with van der Waals surface area (Å²) in [7, 11) is 0. The van der Waals surface area contributed by atoms with Crippen LogP contribution in [0.15, 0.2) is 30.6 Å².